The molecule has 0 atom stereocenters. The monoisotopic (exact) mass is 195 g/mol. The van der Waals surface area contributed by atoms with Gasteiger partial charge in [-0.15, -0.1) is 0 Å². The average Bonchev–Trinajstić information content (AvgIpc) is 2.11. The maximum Gasteiger partial charge on any atom is 0.310 e. The lowest BCUT2D eigenvalue weighted by molar-refractivity contribution is -0.140. The highest BCUT2D eigenvalue weighted by molar-refractivity contribution is 6.35. The van der Waals surface area contributed by atoms with Crippen LogP contribution in [0.2, 0.25) is 0 Å². The van der Waals surface area contributed by atoms with Gasteiger partial charge in [0.15, 0.2) is 0 Å². The van der Waals surface area contributed by atoms with Crippen molar-refractivity contribution in [2.45, 2.75) is 25.8 Å². The molecule has 1 aliphatic rings. The Morgan fingerprint density at radius 2 is 2.07 bits per heavy atom. The molecule has 0 spiro atoms. The number of nitriles is 1. The number of hydrogen-bond donors (Lipinski definition) is 2. The Hall–Kier alpha value is -1.57. The van der Waals surface area contributed by atoms with Crippen molar-refractivity contribution in [1.82, 2.24) is 10.6 Å². The van der Waals surface area contributed by atoms with Crippen LogP contribution in [-0.2, 0) is 9.59 Å². The van der Waals surface area contributed by atoms with E-state index in [0.29, 0.717) is 5.92 Å². The fourth-order valence-electron chi connectivity index (χ4n) is 1.47. The van der Waals surface area contributed by atoms with Crippen molar-refractivity contribution < 1.29 is 9.59 Å². The van der Waals surface area contributed by atoms with Crippen molar-refractivity contribution in [3.8, 4) is 6.07 Å². The Balaban J connectivity index is 2.21. The van der Waals surface area contributed by atoms with Gasteiger partial charge in [-0.2, -0.15) is 5.26 Å². The SMILES string of the molecule is CC1CC(NC(=O)C(=O)NCC#N)C1. The van der Waals surface area contributed by atoms with Gasteiger partial charge in [0, 0.05) is 6.04 Å². The van der Waals surface area contributed by atoms with Gasteiger partial charge in [-0.1, -0.05) is 6.92 Å². The molecular formula is C9H13N3O2. The molecule has 1 aliphatic carbocycles. The smallest absolute Gasteiger partial charge is 0.310 e. The second-order valence-corrected chi connectivity index (χ2v) is 3.59. The Morgan fingerprint density at radius 1 is 1.43 bits per heavy atom. The Morgan fingerprint density at radius 3 is 2.57 bits per heavy atom. The molecule has 2 N–H and O–H groups in total. The zero-order valence-electron chi connectivity index (χ0n) is 8.04. The summed E-state index contributed by atoms with van der Waals surface area (Å²) in [5.41, 5.74) is 0. The summed E-state index contributed by atoms with van der Waals surface area (Å²) in [7, 11) is 0. The molecule has 14 heavy (non-hydrogen) atoms. The quantitative estimate of drug-likeness (QED) is 0.462. The summed E-state index contributed by atoms with van der Waals surface area (Å²) in [6.45, 7) is 1.96. The molecule has 76 valence electrons. The largest absolute Gasteiger partial charge is 0.345 e. The first kappa shape index (κ1) is 10.5. The van der Waals surface area contributed by atoms with Gasteiger partial charge in [-0.3, -0.25) is 9.59 Å². The number of nitrogens with one attached hydrogen (secondary N) is 2. The van der Waals surface area contributed by atoms with Crippen molar-refractivity contribution in [1.29, 1.82) is 5.26 Å². The minimum Gasteiger partial charge on any atom is -0.345 e. The molecule has 5 heteroatoms. The molecular weight excluding hydrogens is 182 g/mol. The highest BCUT2D eigenvalue weighted by atomic mass is 16.2. The number of amides is 2. The van der Waals surface area contributed by atoms with Gasteiger partial charge in [0.25, 0.3) is 0 Å². The lowest BCUT2D eigenvalue weighted by Gasteiger charge is -2.32. The first-order valence-electron chi connectivity index (χ1n) is 4.59. The predicted octanol–water partition coefficient (Wildman–Crippen LogP) is -0.459. The van der Waals surface area contributed by atoms with Crippen LogP contribution in [0.15, 0.2) is 0 Å². The summed E-state index contributed by atoms with van der Waals surface area (Å²) in [5.74, 6) is -0.745. The highest BCUT2D eigenvalue weighted by Gasteiger charge is 2.28. The third-order valence-electron chi connectivity index (χ3n) is 2.24. The summed E-state index contributed by atoms with van der Waals surface area (Å²) in [6.07, 6.45) is 1.86. The van der Waals surface area contributed by atoms with Crippen LogP contribution in [0.25, 0.3) is 0 Å². The first-order chi connectivity index (χ1) is 6.63. The van der Waals surface area contributed by atoms with Crippen LogP contribution < -0.4 is 10.6 Å². The zero-order valence-corrected chi connectivity index (χ0v) is 8.04. The van der Waals surface area contributed by atoms with Gasteiger partial charge >= 0.3 is 11.8 Å². The molecule has 0 radical (unpaired) electrons. The second kappa shape index (κ2) is 4.61. The normalized spacial score (nSPS) is 24.3. The minimum absolute atomic E-state index is 0.130. The molecule has 0 unspecified atom stereocenters. The summed E-state index contributed by atoms with van der Waals surface area (Å²) < 4.78 is 0. The topological polar surface area (TPSA) is 82.0 Å². The molecule has 1 saturated carbocycles. The second-order valence-electron chi connectivity index (χ2n) is 3.59. The van der Waals surface area contributed by atoms with E-state index in [4.69, 9.17) is 5.26 Å². The zero-order chi connectivity index (χ0) is 10.6. The maximum atomic E-state index is 11.1. The van der Waals surface area contributed by atoms with Crippen molar-refractivity contribution in [3.63, 3.8) is 0 Å². The molecule has 0 aromatic heterocycles. The Kier molecular flexibility index (Phi) is 3.46. The lowest BCUT2D eigenvalue weighted by Crippen LogP contribution is -2.49. The lowest BCUT2D eigenvalue weighted by atomic mass is 9.82. The molecule has 2 amide bonds. The van der Waals surface area contributed by atoms with Crippen LogP contribution in [-0.4, -0.2) is 24.4 Å². The fraction of sp³-hybridized carbons (Fsp3) is 0.667. The van der Waals surface area contributed by atoms with Crippen molar-refractivity contribution >= 4 is 11.8 Å². The molecule has 5 nitrogen and oxygen atoms in total. The van der Waals surface area contributed by atoms with Crippen LogP contribution >= 0.6 is 0 Å². The fourth-order valence-corrected chi connectivity index (χ4v) is 1.47. The molecule has 0 aliphatic heterocycles. The van der Waals surface area contributed by atoms with E-state index in [1.54, 1.807) is 6.07 Å². The molecule has 1 rings (SSSR count). The highest BCUT2D eigenvalue weighted by Crippen LogP contribution is 2.25. The van der Waals surface area contributed by atoms with Crippen molar-refractivity contribution in [2.24, 2.45) is 5.92 Å². The standard InChI is InChI=1S/C9H13N3O2/c1-6-4-7(5-6)12-9(14)8(13)11-3-2-10/h6-7H,3-5H2,1H3,(H,11,13)(H,12,14). The molecule has 0 aromatic rings. The maximum absolute atomic E-state index is 11.1. The van der Waals surface area contributed by atoms with Crippen LogP contribution in [0.3, 0.4) is 0 Å². The predicted molar refractivity (Wildman–Crippen MR) is 49.0 cm³/mol. The van der Waals surface area contributed by atoms with Crippen LogP contribution in [0.4, 0.5) is 0 Å². The van der Waals surface area contributed by atoms with Gasteiger partial charge in [-0.25, -0.2) is 0 Å². The molecule has 0 saturated heterocycles. The molecule has 0 aromatic carbocycles. The van der Waals surface area contributed by atoms with E-state index in [0.717, 1.165) is 12.8 Å². The van der Waals surface area contributed by atoms with Gasteiger partial charge in [0.05, 0.1) is 6.07 Å². The van der Waals surface area contributed by atoms with Crippen LogP contribution in [0, 0.1) is 17.2 Å². The van der Waals surface area contributed by atoms with Gasteiger partial charge < -0.3 is 10.6 Å². The van der Waals surface area contributed by atoms with E-state index >= 15 is 0 Å². The van der Waals surface area contributed by atoms with Gasteiger partial charge in [0.1, 0.15) is 6.54 Å². The minimum atomic E-state index is -0.730. The van der Waals surface area contributed by atoms with E-state index in [1.165, 1.54) is 0 Å². The third-order valence-corrected chi connectivity index (χ3v) is 2.24. The van der Waals surface area contributed by atoms with E-state index in [1.807, 2.05) is 0 Å². The van der Waals surface area contributed by atoms with E-state index in [-0.39, 0.29) is 12.6 Å². The van der Waals surface area contributed by atoms with Crippen LogP contribution in [0.5, 0.6) is 0 Å². The van der Waals surface area contributed by atoms with Crippen molar-refractivity contribution in [2.75, 3.05) is 6.54 Å². The number of nitrogens with zero attached hydrogens (tertiary/aromatic N) is 1. The Labute approximate surface area is 82.5 Å². The van der Waals surface area contributed by atoms with Crippen LogP contribution in [0.1, 0.15) is 19.8 Å². The number of hydrogen-bond acceptors (Lipinski definition) is 3. The average molecular weight is 195 g/mol. The number of carbonyl (C=O) groups excluding carboxylic acids is 2. The molecule has 1 fully saturated rings. The summed E-state index contributed by atoms with van der Waals surface area (Å²) in [5, 5.41) is 13.0. The first-order valence-corrected chi connectivity index (χ1v) is 4.59. The van der Waals surface area contributed by atoms with E-state index in [2.05, 4.69) is 17.6 Å². The summed E-state index contributed by atoms with van der Waals surface area (Å²) in [4.78, 5) is 22.1. The molecule has 0 bridgehead atoms. The summed E-state index contributed by atoms with van der Waals surface area (Å²) in [6, 6.07) is 1.86. The molecule has 0 heterocycles. The summed E-state index contributed by atoms with van der Waals surface area (Å²) >= 11 is 0. The van der Waals surface area contributed by atoms with Gasteiger partial charge in [-0.05, 0) is 18.8 Å². The van der Waals surface area contributed by atoms with Crippen molar-refractivity contribution in [3.05, 3.63) is 0 Å². The third kappa shape index (κ3) is 2.73. The van der Waals surface area contributed by atoms with Gasteiger partial charge in [0.2, 0.25) is 0 Å². The number of rotatable bonds is 2. The Bertz CT molecular complexity index is 276. The van der Waals surface area contributed by atoms with E-state index in [9.17, 15) is 9.59 Å². The van der Waals surface area contributed by atoms with E-state index < -0.39 is 11.8 Å². The number of carbonyl (C=O) groups is 2.